The van der Waals surface area contributed by atoms with E-state index < -0.39 is 0 Å². The van der Waals surface area contributed by atoms with Crippen molar-refractivity contribution in [2.24, 2.45) is 0 Å². The molecule has 1 amide bonds. The molecule has 19 heavy (non-hydrogen) atoms. The molecule has 0 bridgehead atoms. The quantitative estimate of drug-likeness (QED) is 0.842. The first-order valence-electron chi connectivity index (χ1n) is 7.74. The van der Waals surface area contributed by atoms with Crippen LogP contribution in [0.3, 0.4) is 0 Å². The van der Waals surface area contributed by atoms with Gasteiger partial charge < -0.3 is 10.2 Å². The van der Waals surface area contributed by atoms with Crippen LogP contribution < -0.4 is 5.32 Å². The molecule has 1 heterocycles. The molecule has 1 aliphatic heterocycles. The van der Waals surface area contributed by atoms with Crippen molar-refractivity contribution < 1.29 is 4.79 Å². The third kappa shape index (κ3) is 3.88. The minimum atomic E-state index is -0.0240. The van der Waals surface area contributed by atoms with Crippen molar-refractivity contribution in [1.82, 2.24) is 10.2 Å². The molecule has 0 aromatic rings. The van der Waals surface area contributed by atoms with Crippen LogP contribution in [0.4, 0.5) is 0 Å². The van der Waals surface area contributed by atoms with Crippen molar-refractivity contribution in [2.45, 2.75) is 62.7 Å². The van der Waals surface area contributed by atoms with Crippen molar-refractivity contribution in [3.63, 3.8) is 0 Å². The maximum atomic E-state index is 12.3. The number of nitrogens with one attached hydrogen (secondary N) is 1. The van der Waals surface area contributed by atoms with Gasteiger partial charge in [0.15, 0.2) is 0 Å². The largest absolute Gasteiger partial charge is 0.341 e. The van der Waals surface area contributed by atoms with Crippen LogP contribution in [-0.4, -0.2) is 47.5 Å². The molecule has 2 fully saturated rings. The average Bonchev–Trinajstić information content (AvgIpc) is 2.99. The first-order chi connectivity index (χ1) is 9.17. The van der Waals surface area contributed by atoms with Gasteiger partial charge in [0.25, 0.3) is 0 Å². The van der Waals surface area contributed by atoms with Crippen molar-refractivity contribution in [2.75, 3.05) is 25.9 Å². The highest BCUT2D eigenvalue weighted by Gasteiger charge is 2.32. The Morgan fingerprint density at radius 1 is 1.21 bits per heavy atom. The Morgan fingerprint density at radius 3 is 2.42 bits per heavy atom. The molecule has 0 radical (unpaired) electrons. The summed E-state index contributed by atoms with van der Waals surface area (Å²) in [6.07, 6.45) is 11.2. The van der Waals surface area contributed by atoms with Crippen LogP contribution in [0.1, 0.15) is 51.9 Å². The van der Waals surface area contributed by atoms with Gasteiger partial charge in [-0.1, -0.05) is 19.3 Å². The third-order valence-corrected chi connectivity index (χ3v) is 6.13. The monoisotopic (exact) mass is 284 g/mol. The van der Waals surface area contributed by atoms with E-state index in [1.54, 1.807) is 0 Å². The number of amides is 1. The highest BCUT2D eigenvalue weighted by atomic mass is 32.2. The Kier molecular flexibility index (Phi) is 5.58. The highest BCUT2D eigenvalue weighted by molar-refractivity contribution is 8.00. The molecule has 1 atom stereocenters. The third-order valence-electron chi connectivity index (χ3n) is 4.72. The minimum Gasteiger partial charge on any atom is -0.341 e. The SMILES string of the molecule is CSC1(CNC(C)C(=O)N2CCCC2)CCCCC1. The van der Waals surface area contributed by atoms with Gasteiger partial charge in [-0.25, -0.2) is 0 Å². The summed E-state index contributed by atoms with van der Waals surface area (Å²) in [5, 5.41) is 3.51. The van der Waals surface area contributed by atoms with Gasteiger partial charge in [-0.2, -0.15) is 11.8 Å². The number of nitrogens with zero attached hydrogens (tertiary/aromatic N) is 1. The van der Waals surface area contributed by atoms with Gasteiger partial charge in [-0.3, -0.25) is 4.79 Å². The molecular formula is C15H28N2OS. The van der Waals surface area contributed by atoms with Gasteiger partial charge in [-0.05, 0) is 38.9 Å². The van der Waals surface area contributed by atoms with Crippen molar-refractivity contribution in [3.05, 3.63) is 0 Å². The number of hydrogen-bond acceptors (Lipinski definition) is 3. The van der Waals surface area contributed by atoms with E-state index in [4.69, 9.17) is 0 Å². The van der Waals surface area contributed by atoms with E-state index in [2.05, 4.69) is 11.6 Å². The molecule has 1 aliphatic carbocycles. The van der Waals surface area contributed by atoms with Crippen molar-refractivity contribution in [3.8, 4) is 0 Å². The lowest BCUT2D eigenvalue weighted by atomic mass is 9.88. The summed E-state index contributed by atoms with van der Waals surface area (Å²) in [6.45, 7) is 4.92. The first-order valence-corrected chi connectivity index (χ1v) is 8.97. The fourth-order valence-corrected chi connectivity index (χ4v) is 4.21. The molecule has 0 spiro atoms. The topological polar surface area (TPSA) is 32.3 Å². The molecule has 1 unspecified atom stereocenters. The summed E-state index contributed by atoms with van der Waals surface area (Å²) in [5.41, 5.74) is 0. The maximum Gasteiger partial charge on any atom is 0.239 e. The van der Waals surface area contributed by atoms with E-state index in [0.717, 1.165) is 19.6 Å². The zero-order valence-corrected chi connectivity index (χ0v) is 13.2. The summed E-state index contributed by atoms with van der Waals surface area (Å²) in [5.74, 6) is 0.296. The van der Waals surface area contributed by atoms with Gasteiger partial charge in [0.1, 0.15) is 0 Å². The van der Waals surface area contributed by atoms with Crippen molar-refractivity contribution in [1.29, 1.82) is 0 Å². The fourth-order valence-electron chi connectivity index (χ4n) is 3.29. The van der Waals surface area contributed by atoms with Crippen LogP contribution in [0.2, 0.25) is 0 Å². The molecule has 0 aromatic carbocycles. The van der Waals surface area contributed by atoms with Crippen LogP contribution >= 0.6 is 11.8 Å². The Hall–Kier alpha value is -0.220. The van der Waals surface area contributed by atoms with Gasteiger partial charge in [0.2, 0.25) is 5.91 Å². The second-order valence-corrected chi connectivity index (χ2v) is 7.36. The second-order valence-electron chi connectivity index (χ2n) is 6.08. The first kappa shape index (κ1) is 15.2. The second kappa shape index (κ2) is 6.98. The summed E-state index contributed by atoms with van der Waals surface area (Å²) in [7, 11) is 0. The zero-order valence-electron chi connectivity index (χ0n) is 12.4. The molecule has 110 valence electrons. The Bertz CT molecular complexity index is 297. The summed E-state index contributed by atoms with van der Waals surface area (Å²) >= 11 is 1.99. The summed E-state index contributed by atoms with van der Waals surface area (Å²) in [4.78, 5) is 14.3. The standard InChI is InChI=1S/C15H28N2OS/c1-13(14(18)17-10-6-7-11-17)16-12-15(19-2)8-4-3-5-9-15/h13,16H,3-12H2,1-2H3. The lowest BCUT2D eigenvalue weighted by Gasteiger charge is -2.37. The molecule has 3 nitrogen and oxygen atoms in total. The maximum absolute atomic E-state index is 12.3. The van der Waals surface area contributed by atoms with E-state index in [0.29, 0.717) is 10.7 Å². The molecule has 2 aliphatic rings. The molecule has 1 N–H and O–H groups in total. The number of thioether (sulfide) groups is 1. The molecular weight excluding hydrogens is 256 g/mol. The molecule has 0 aromatic heterocycles. The van der Waals surface area contributed by atoms with Crippen LogP contribution in [0.25, 0.3) is 0 Å². The van der Waals surface area contributed by atoms with Gasteiger partial charge >= 0.3 is 0 Å². The van der Waals surface area contributed by atoms with E-state index >= 15 is 0 Å². The number of rotatable bonds is 5. The highest BCUT2D eigenvalue weighted by Crippen LogP contribution is 2.38. The predicted molar refractivity (Wildman–Crippen MR) is 82.6 cm³/mol. The fraction of sp³-hybridized carbons (Fsp3) is 0.933. The number of hydrogen-bond donors (Lipinski definition) is 1. The van der Waals surface area contributed by atoms with Crippen LogP contribution in [0.5, 0.6) is 0 Å². The van der Waals surface area contributed by atoms with Crippen LogP contribution in [0, 0.1) is 0 Å². The lowest BCUT2D eigenvalue weighted by Crippen LogP contribution is -2.49. The number of carbonyl (C=O) groups excluding carboxylic acids is 1. The molecule has 4 heteroatoms. The molecule has 2 rings (SSSR count). The number of carbonyl (C=O) groups is 1. The predicted octanol–water partition coefficient (Wildman–Crippen LogP) is 2.65. The Morgan fingerprint density at radius 2 is 1.84 bits per heavy atom. The summed E-state index contributed by atoms with van der Waals surface area (Å²) in [6, 6.07) is -0.0240. The Balaban J connectivity index is 1.81. The smallest absolute Gasteiger partial charge is 0.239 e. The minimum absolute atomic E-state index is 0.0240. The van der Waals surface area contributed by atoms with E-state index in [1.165, 1.54) is 44.9 Å². The van der Waals surface area contributed by atoms with Gasteiger partial charge in [0.05, 0.1) is 6.04 Å². The van der Waals surface area contributed by atoms with E-state index in [-0.39, 0.29) is 6.04 Å². The number of likely N-dealkylation sites (tertiary alicyclic amines) is 1. The zero-order chi connectivity index (χ0) is 13.7. The van der Waals surface area contributed by atoms with E-state index in [9.17, 15) is 4.79 Å². The normalized spacial score (nSPS) is 24.4. The average molecular weight is 284 g/mol. The lowest BCUT2D eigenvalue weighted by molar-refractivity contribution is -0.131. The van der Waals surface area contributed by atoms with Crippen LogP contribution in [0.15, 0.2) is 0 Å². The summed E-state index contributed by atoms with van der Waals surface area (Å²) < 4.78 is 0.373. The van der Waals surface area contributed by atoms with Crippen LogP contribution in [-0.2, 0) is 4.79 Å². The van der Waals surface area contributed by atoms with E-state index in [1.807, 2.05) is 23.6 Å². The molecule has 1 saturated carbocycles. The van der Waals surface area contributed by atoms with Gasteiger partial charge in [0, 0.05) is 24.4 Å². The van der Waals surface area contributed by atoms with Gasteiger partial charge in [-0.15, -0.1) is 0 Å². The molecule has 1 saturated heterocycles. The van der Waals surface area contributed by atoms with Crippen molar-refractivity contribution >= 4 is 17.7 Å². The Labute approximate surface area is 121 Å².